The molecule has 0 bridgehead atoms. The van der Waals surface area contributed by atoms with Gasteiger partial charge in [-0.3, -0.25) is 9.59 Å². The number of amides is 1. The Bertz CT molecular complexity index is 930. The minimum atomic E-state index is -0.376. The Hall–Kier alpha value is -2.35. The first kappa shape index (κ1) is 20.4. The first-order chi connectivity index (χ1) is 13.6. The van der Waals surface area contributed by atoms with Gasteiger partial charge in [-0.25, -0.2) is 4.98 Å². The summed E-state index contributed by atoms with van der Waals surface area (Å²) >= 11 is 8.51. The number of thioether (sulfide) groups is 1. The van der Waals surface area contributed by atoms with E-state index in [4.69, 9.17) is 16.3 Å². The van der Waals surface area contributed by atoms with E-state index in [0.29, 0.717) is 16.4 Å². The first-order valence-electron chi connectivity index (χ1n) is 8.39. The molecule has 0 saturated heterocycles. The lowest BCUT2D eigenvalue weighted by atomic mass is 10.2. The molecule has 0 saturated carbocycles. The van der Waals surface area contributed by atoms with E-state index >= 15 is 0 Å². The summed E-state index contributed by atoms with van der Waals surface area (Å²) in [4.78, 5) is 28.2. The van der Waals surface area contributed by atoms with Gasteiger partial charge in [-0.2, -0.15) is 0 Å². The molecule has 1 heterocycles. The summed E-state index contributed by atoms with van der Waals surface area (Å²) in [6.07, 6.45) is 0. The lowest BCUT2D eigenvalue weighted by molar-refractivity contribution is -0.141. The molecule has 0 aliphatic heterocycles. The Kier molecular flexibility index (Phi) is 7.47. The molecule has 8 heteroatoms. The third-order valence-corrected chi connectivity index (χ3v) is 5.63. The molecule has 1 amide bonds. The minimum absolute atomic E-state index is 0.101. The van der Waals surface area contributed by atoms with E-state index in [9.17, 15) is 9.59 Å². The van der Waals surface area contributed by atoms with Crippen LogP contribution in [0.1, 0.15) is 5.69 Å². The first-order valence-corrected chi connectivity index (χ1v) is 10.8. The SMILES string of the molecule is O=C(CSCC(=O)OCc1csc(-c2ccccc2)n1)Nc1ccc(Cl)cc1. The number of benzene rings is 2. The smallest absolute Gasteiger partial charge is 0.316 e. The number of aromatic nitrogens is 1. The molecule has 0 unspecified atom stereocenters. The zero-order chi connectivity index (χ0) is 19.8. The van der Waals surface area contributed by atoms with Crippen molar-refractivity contribution >= 4 is 52.3 Å². The number of carbonyl (C=O) groups excluding carboxylic acids is 2. The molecule has 0 aliphatic carbocycles. The maximum absolute atomic E-state index is 11.9. The van der Waals surface area contributed by atoms with Gasteiger partial charge < -0.3 is 10.1 Å². The van der Waals surface area contributed by atoms with Gasteiger partial charge >= 0.3 is 5.97 Å². The zero-order valence-corrected chi connectivity index (χ0v) is 17.2. The van der Waals surface area contributed by atoms with Gasteiger partial charge in [-0.15, -0.1) is 23.1 Å². The standard InChI is InChI=1S/C20H17ClN2O3S2/c21-15-6-8-16(9-7-15)22-18(24)12-27-13-19(25)26-10-17-11-28-20(23-17)14-4-2-1-3-5-14/h1-9,11H,10,12-13H2,(H,22,24). The van der Waals surface area contributed by atoms with Crippen LogP contribution in [-0.4, -0.2) is 28.4 Å². The van der Waals surface area contributed by atoms with E-state index in [-0.39, 0.29) is 30.0 Å². The number of thiazole rings is 1. The number of anilines is 1. The average molecular weight is 433 g/mol. The molecule has 28 heavy (non-hydrogen) atoms. The fraction of sp³-hybridized carbons (Fsp3) is 0.150. The predicted octanol–water partition coefficient (Wildman–Crippen LogP) is 4.88. The van der Waals surface area contributed by atoms with Crippen molar-refractivity contribution in [3.63, 3.8) is 0 Å². The van der Waals surface area contributed by atoms with E-state index in [0.717, 1.165) is 10.6 Å². The molecule has 0 spiro atoms. The highest BCUT2D eigenvalue weighted by Crippen LogP contribution is 2.23. The number of nitrogens with one attached hydrogen (secondary N) is 1. The molecule has 5 nitrogen and oxygen atoms in total. The quantitative estimate of drug-likeness (QED) is 0.514. The maximum atomic E-state index is 11.9. The second-order valence-electron chi connectivity index (χ2n) is 5.72. The molecule has 0 radical (unpaired) electrons. The summed E-state index contributed by atoms with van der Waals surface area (Å²) in [5.41, 5.74) is 2.41. The summed E-state index contributed by atoms with van der Waals surface area (Å²) < 4.78 is 5.23. The average Bonchev–Trinajstić information content (AvgIpc) is 3.18. The minimum Gasteiger partial charge on any atom is -0.459 e. The molecule has 144 valence electrons. The van der Waals surface area contributed by atoms with Crippen LogP contribution in [0.3, 0.4) is 0 Å². The summed E-state index contributed by atoms with van der Waals surface area (Å²) in [5, 5.41) is 6.11. The molecule has 0 aliphatic rings. The van der Waals surface area contributed by atoms with Crippen molar-refractivity contribution in [1.82, 2.24) is 4.98 Å². The predicted molar refractivity (Wildman–Crippen MR) is 115 cm³/mol. The number of halogens is 1. The number of nitrogens with zero attached hydrogens (tertiary/aromatic N) is 1. The van der Waals surface area contributed by atoms with Crippen LogP contribution >= 0.6 is 34.7 Å². The van der Waals surface area contributed by atoms with E-state index in [1.807, 2.05) is 35.7 Å². The molecular weight excluding hydrogens is 416 g/mol. The number of hydrogen-bond donors (Lipinski definition) is 1. The van der Waals surface area contributed by atoms with E-state index in [2.05, 4.69) is 10.3 Å². The molecule has 0 fully saturated rings. The Balaban J connectivity index is 1.36. The summed E-state index contributed by atoms with van der Waals surface area (Å²) in [6.45, 7) is 0.125. The van der Waals surface area contributed by atoms with Gasteiger partial charge in [0.25, 0.3) is 0 Å². The van der Waals surface area contributed by atoms with Crippen LogP contribution in [0, 0.1) is 0 Å². The van der Waals surface area contributed by atoms with Crippen LogP contribution in [0.25, 0.3) is 10.6 Å². The highest BCUT2D eigenvalue weighted by molar-refractivity contribution is 8.00. The topological polar surface area (TPSA) is 68.3 Å². The summed E-state index contributed by atoms with van der Waals surface area (Å²) in [7, 11) is 0. The van der Waals surface area contributed by atoms with Crippen LogP contribution in [0.5, 0.6) is 0 Å². The molecule has 2 aromatic carbocycles. The Labute approximate surface area is 176 Å². The van der Waals surface area contributed by atoms with Crippen molar-refractivity contribution in [2.75, 3.05) is 16.8 Å². The van der Waals surface area contributed by atoms with Gasteiger partial charge in [0.05, 0.1) is 17.2 Å². The van der Waals surface area contributed by atoms with Crippen molar-refractivity contribution in [1.29, 1.82) is 0 Å². The highest BCUT2D eigenvalue weighted by Gasteiger charge is 2.10. The Morgan fingerprint density at radius 1 is 1.07 bits per heavy atom. The zero-order valence-electron chi connectivity index (χ0n) is 14.8. The summed E-state index contributed by atoms with van der Waals surface area (Å²) in [6, 6.07) is 16.7. The fourth-order valence-corrected chi connectivity index (χ4v) is 3.79. The lowest BCUT2D eigenvalue weighted by Gasteiger charge is -2.05. The highest BCUT2D eigenvalue weighted by atomic mass is 35.5. The molecule has 1 N–H and O–H groups in total. The number of esters is 1. The third-order valence-electron chi connectivity index (χ3n) is 3.53. The van der Waals surface area contributed by atoms with Crippen molar-refractivity contribution in [2.45, 2.75) is 6.61 Å². The third kappa shape index (κ3) is 6.37. The van der Waals surface area contributed by atoms with Crippen molar-refractivity contribution in [3.05, 3.63) is 70.7 Å². The molecule has 3 aromatic rings. The molecule has 1 aromatic heterocycles. The van der Waals surface area contributed by atoms with Gasteiger partial charge in [0.15, 0.2) is 0 Å². The largest absolute Gasteiger partial charge is 0.459 e. The van der Waals surface area contributed by atoms with Gasteiger partial charge in [0.1, 0.15) is 11.6 Å². The Morgan fingerprint density at radius 3 is 2.57 bits per heavy atom. The van der Waals surface area contributed by atoms with Crippen LogP contribution in [0.15, 0.2) is 60.0 Å². The molecular formula is C20H17ClN2O3S2. The second kappa shape index (κ2) is 10.3. The van der Waals surface area contributed by atoms with Crippen LogP contribution in [-0.2, 0) is 20.9 Å². The number of ether oxygens (including phenoxy) is 1. The number of rotatable bonds is 8. The van der Waals surface area contributed by atoms with Gasteiger partial charge in [0, 0.05) is 21.7 Å². The Morgan fingerprint density at radius 2 is 1.82 bits per heavy atom. The van der Waals surface area contributed by atoms with E-state index < -0.39 is 0 Å². The number of carbonyl (C=O) groups is 2. The van der Waals surface area contributed by atoms with E-state index in [1.165, 1.54) is 23.1 Å². The lowest BCUT2D eigenvalue weighted by Crippen LogP contribution is -2.16. The second-order valence-corrected chi connectivity index (χ2v) is 8.00. The van der Waals surface area contributed by atoms with E-state index in [1.54, 1.807) is 24.3 Å². The molecule has 0 atom stereocenters. The van der Waals surface area contributed by atoms with Crippen molar-refractivity contribution in [3.8, 4) is 10.6 Å². The maximum Gasteiger partial charge on any atom is 0.316 e. The van der Waals surface area contributed by atoms with Crippen molar-refractivity contribution in [2.24, 2.45) is 0 Å². The van der Waals surface area contributed by atoms with Crippen LogP contribution < -0.4 is 5.32 Å². The van der Waals surface area contributed by atoms with Crippen LogP contribution in [0.2, 0.25) is 5.02 Å². The van der Waals surface area contributed by atoms with Crippen molar-refractivity contribution < 1.29 is 14.3 Å². The monoisotopic (exact) mass is 432 g/mol. The fourth-order valence-electron chi connectivity index (χ4n) is 2.24. The molecule has 3 rings (SSSR count). The number of hydrogen-bond acceptors (Lipinski definition) is 6. The van der Waals surface area contributed by atoms with Gasteiger partial charge in [0.2, 0.25) is 5.91 Å². The van der Waals surface area contributed by atoms with Crippen LogP contribution in [0.4, 0.5) is 5.69 Å². The normalized spacial score (nSPS) is 10.5. The van der Waals surface area contributed by atoms with Gasteiger partial charge in [-0.1, -0.05) is 41.9 Å². The summed E-state index contributed by atoms with van der Waals surface area (Å²) in [5.74, 6) is -0.304. The van der Waals surface area contributed by atoms with Gasteiger partial charge in [-0.05, 0) is 24.3 Å².